The van der Waals surface area contributed by atoms with Crippen molar-refractivity contribution >= 4 is 12.2 Å². The number of hydrogen-bond acceptors (Lipinski definition) is 3. The van der Waals surface area contributed by atoms with Gasteiger partial charge in [0.1, 0.15) is 16.5 Å². The molecule has 2 aromatic rings. The van der Waals surface area contributed by atoms with E-state index in [1.807, 2.05) is 0 Å². The van der Waals surface area contributed by atoms with E-state index in [0.717, 1.165) is 0 Å². The Hall–Kier alpha value is -2.26. The molecule has 1 N–H and O–H groups in total. The molecule has 0 spiro atoms. The number of pyridine rings is 1. The second kappa shape index (κ2) is 5.80. The molecular weight excluding hydrogens is 282 g/mol. The first-order chi connectivity index (χ1) is 9.56. The highest BCUT2D eigenvalue weighted by Gasteiger charge is 2.16. The van der Waals surface area contributed by atoms with Crippen molar-refractivity contribution in [2.75, 3.05) is 7.11 Å². The van der Waals surface area contributed by atoms with E-state index in [4.69, 9.17) is 22.2 Å². The van der Waals surface area contributed by atoms with E-state index in [0.29, 0.717) is 17.0 Å². The number of ether oxygens (including phenoxy) is 1. The lowest BCUT2D eigenvalue weighted by molar-refractivity contribution is 0.151. The standard InChI is InChI=1S/C14H10F2N2OS/c1-19-9-4-2-8(3-5-9)12-6-10(13(15)16)11(7-17)14(20)18-12/h2-6,13H,1H3,(H,18,20). The van der Waals surface area contributed by atoms with Gasteiger partial charge in [-0.2, -0.15) is 5.26 Å². The normalized spacial score (nSPS) is 10.3. The van der Waals surface area contributed by atoms with E-state index >= 15 is 0 Å². The number of aromatic nitrogens is 1. The van der Waals surface area contributed by atoms with Gasteiger partial charge in [0.2, 0.25) is 0 Å². The number of nitrogens with zero attached hydrogens (tertiary/aromatic N) is 1. The van der Waals surface area contributed by atoms with Gasteiger partial charge in [-0.3, -0.25) is 0 Å². The molecule has 0 saturated heterocycles. The van der Waals surface area contributed by atoms with Gasteiger partial charge in [-0.15, -0.1) is 0 Å². The van der Waals surface area contributed by atoms with Crippen molar-refractivity contribution in [1.29, 1.82) is 5.26 Å². The van der Waals surface area contributed by atoms with E-state index in [2.05, 4.69) is 4.98 Å². The zero-order chi connectivity index (χ0) is 14.7. The number of aromatic amines is 1. The predicted octanol–water partition coefficient (Wildman–Crippen LogP) is 4.23. The highest BCUT2D eigenvalue weighted by molar-refractivity contribution is 7.71. The first-order valence-electron chi connectivity index (χ1n) is 5.66. The van der Waals surface area contributed by atoms with Crippen LogP contribution in [0.3, 0.4) is 0 Å². The average Bonchev–Trinajstić information content (AvgIpc) is 2.46. The van der Waals surface area contributed by atoms with Gasteiger partial charge in [0.15, 0.2) is 0 Å². The Morgan fingerprint density at radius 2 is 1.95 bits per heavy atom. The van der Waals surface area contributed by atoms with Crippen molar-refractivity contribution in [2.24, 2.45) is 0 Å². The molecule has 0 fully saturated rings. The molecule has 0 amide bonds. The van der Waals surface area contributed by atoms with Gasteiger partial charge in [-0.05, 0) is 35.9 Å². The van der Waals surface area contributed by atoms with Crippen LogP contribution in [-0.4, -0.2) is 12.1 Å². The molecular formula is C14H10F2N2OS. The zero-order valence-electron chi connectivity index (χ0n) is 10.5. The molecule has 0 aliphatic carbocycles. The monoisotopic (exact) mass is 292 g/mol. The molecule has 0 radical (unpaired) electrons. The summed E-state index contributed by atoms with van der Waals surface area (Å²) in [4.78, 5) is 2.79. The van der Waals surface area contributed by atoms with Crippen LogP contribution >= 0.6 is 12.2 Å². The fourth-order valence-corrected chi connectivity index (χ4v) is 2.07. The number of hydrogen-bond donors (Lipinski definition) is 1. The Morgan fingerprint density at radius 1 is 1.30 bits per heavy atom. The molecule has 102 valence electrons. The quantitative estimate of drug-likeness (QED) is 0.861. The van der Waals surface area contributed by atoms with Crippen LogP contribution in [0.1, 0.15) is 17.6 Å². The maximum absolute atomic E-state index is 13.0. The SMILES string of the molecule is COc1ccc(-c2cc(C(F)F)c(C#N)c(=S)[nH]2)cc1. The van der Waals surface area contributed by atoms with E-state index in [9.17, 15) is 8.78 Å². The lowest BCUT2D eigenvalue weighted by Crippen LogP contribution is -1.96. The smallest absolute Gasteiger partial charge is 0.265 e. The summed E-state index contributed by atoms with van der Waals surface area (Å²) in [5.74, 6) is 0.662. The third-order valence-corrected chi connectivity index (χ3v) is 3.12. The average molecular weight is 292 g/mol. The van der Waals surface area contributed by atoms with Gasteiger partial charge in [-0.1, -0.05) is 12.2 Å². The Morgan fingerprint density at radius 3 is 2.45 bits per heavy atom. The molecule has 0 aliphatic rings. The van der Waals surface area contributed by atoms with Gasteiger partial charge in [0.25, 0.3) is 6.43 Å². The summed E-state index contributed by atoms with van der Waals surface area (Å²) in [5.41, 5.74) is 0.574. The maximum atomic E-state index is 13.0. The Bertz CT molecular complexity index is 717. The zero-order valence-corrected chi connectivity index (χ0v) is 11.3. The third-order valence-electron chi connectivity index (χ3n) is 2.81. The van der Waals surface area contributed by atoms with E-state index in [1.54, 1.807) is 37.4 Å². The number of nitriles is 1. The summed E-state index contributed by atoms with van der Waals surface area (Å²) < 4.78 is 31.0. The van der Waals surface area contributed by atoms with Crippen LogP contribution in [0.5, 0.6) is 5.75 Å². The predicted molar refractivity (Wildman–Crippen MR) is 73.3 cm³/mol. The molecule has 0 aliphatic heterocycles. The van der Waals surface area contributed by atoms with E-state index in [-0.39, 0.29) is 15.8 Å². The fourth-order valence-electron chi connectivity index (χ4n) is 1.79. The van der Waals surface area contributed by atoms with Gasteiger partial charge in [0, 0.05) is 11.3 Å². The maximum Gasteiger partial charge on any atom is 0.265 e. The topological polar surface area (TPSA) is 48.8 Å². The van der Waals surface area contributed by atoms with Crippen LogP contribution in [0.15, 0.2) is 30.3 Å². The fraction of sp³-hybridized carbons (Fsp3) is 0.143. The lowest BCUT2D eigenvalue weighted by atomic mass is 10.1. The molecule has 6 heteroatoms. The molecule has 3 nitrogen and oxygen atoms in total. The van der Waals surface area contributed by atoms with Crippen molar-refractivity contribution in [3.8, 4) is 23.1 Å². The Kier molecular flexibility index (Phi) is 4.11. The van der Waals surface area contributed by atoms with Crippen molar-refractivity contribution in [2.45, 2.75) is 6.43 Å². The minimum atomic E-state index is -2.75. The van der Waals surface area contributed by atoms with Crippen LogP contribution in [0.4, 0.5) is 8.78 Å². The number of methoxy groups -OCH3 is 1. The molecule has 2 rings (SSSR count). The van der Waals surface area contributed by atoms with Crippen LogP contribution in [0, 0.1) is 16.0 Å². The molecule has 1 aromatic heterocycles. The number of nitrogens with one attached hydrogen (secondary N) is 1. The van der Waals surface area contributed by atoms with E-state index in [1.165, 1.54) is 6.07 Å². The van der Waals surface area contributed by atoms with Crippen LogP contribution in [0.2, 0.25) is 0 Å². The summed E-state index contributed by atoms with van der Waals surface area (Å²) in [6, 6.07) is 9.83. The van der Waals surface area contributed by atoms with Crippen LogP contribution in [0.25, 0.3) is 11.3 Å². The van der Waals surface area contributed by atoms with Gasteiger partial charge in [0.05, 0.1) is 12.7 Å². The second-order valence-electron chi connectivity index (χ2n) is 3.98. The van der Waals surface area contributed by atoms with Crippen LogP contribution in [-0.2, 0) is 0 Å². The first-order valence-corrected chi connectivity index (χ1v) is 6.07. The van der Waals surface area contributed by atoms with Crippen molar-refractivity contribution < 1.29 is 13.5 Å². The number of H-pyrrole nitrogens is 1. The summed E-state index contributed by atoms with van der Waals surface area (Å²) in [7, 11) is 1.54. The Balaban J connectivity index is 2.58. The molecule has 0 unspecified atom stereocenters. The second-order valence-corrected chi connectivity index (χ2v) is 4.39. The van der Waals surface area contributed by atoms with Crippen molar-refractivity contribution in [1.82, 2.24) is 4.98 Å². The van der Waals surface area contributed by atoms with Crippen molar-refractivity contribution in [3.63, 3.8) is 0 Å². The van der Waals surface area contributed by atoms with E-state index < -0.39 is 6.43 Å². The molecule has 0 bridgehead atoms. The third kappa shape index (κ3) is 2.68. The van der Waals surface area contributed by atoms with Gasteiger partial charge < -0.3 is 9.72 Å². The minimum Gasteiger partial charge on any atom is -0.497 e. The molecule has 20 heavy (non-hydrogen) atoms. The largest absolute Gasteiger partial charge is 0.497 e. The summed E-state index contributed by atoms with van der Waals surface area (Å²) in [6.07, 6.45) is -2.75. The first kappa shape index (κ1) is 14.2. The number of benzene rings is 1. The summed E-state index contributed by atoms with van der Waals surface area (Å²) in [6.45, 7) is 0. The summed E-state index contributed by atoms with van der Waals surface area (Å²) >= 11 is 4.96. The highest BCUT2D eigenvalue weighted by Crippen LogP contribution is 2.28. The molecule has 0 atom stereocenters. The number of halogens is 2. The minimum absolute atomic E-state index is 0.0103. The highest BCUT2D eigenvalue weighted by atomic mass is 32.1. The lowest BCUT2D eigenvalue weighted by Gasteiger charge is -2.08. The number of rotatable bonds is 3. The number of alkyl halides is 2. The summed E-state index contributed by atoms with van der Waals surface area (Å²) in [5, 5.41) is 8.89. The van der Waals surface area contributed by atoms with Crippen LogP contribution < -0.4 is 4.74 Å². The van der Waals surface area contributed by atoms with Gasteiger partial charge in [-0.25, -0.2) is 8.78 Å². The molecule has 0 saturated carbocycles. The molecule has 1 aromatic carbocycles. The van der Waals surface area contributed by atoms with Crippen molar-refractivity contribution in [3.05, 3.63) is 46.1 Å². The molecule has 1 heterocycles. The van der Waals surface area contributed by atoms with Gasteiger partial charge >= 0.3 is 0 Å². The Labute approximate surface area is 119 Å².